The number of aromatic amines is 1. The van der Waals surface area contributed by atoms with E-state index in [1.165, 1.54) is 23.0 Å². The summed E-state index contributed by atoms with van der Waals surface area (Å²) in [4.78, 5) is 21.6. The van der Waals surface area contributed by atoms with Crippen molar-refractivity contribution in [1.29, 1.82) is 0 Å². The lowest BCUT2D eigenvalue weighted by molar-refractivity contribution is -0.137. The molecule has 0 unspecified atom stereocenters. The van der Waals surface area contributed by atoms with E-state index in [4.69, 9.17) is 5.84 Å². The first-order chi connectivity index (χ1) is 20.9. The monoisotopic (exact) mass is 620 g/mol. The molecule has 224 valence electrons. The van der Waals surface area contributed by atoms with E-state index >= 15 is 0 Å². The second-order valence-corrected chi connectivity index (χ2v) is 11.7. The Labute approximate surface area is 247 Å². The van der Waals surface area contributed by atoms with E-state index in [0.717, 1.165) is 39.6 Å². The zero-order valence-electron chi connectivity index (χ0n) is 23.2. The van der Waals surface area contributed by atoms with Gasteiger partial charge in [-0.15, -0.1) is 5.11 Å². The van der Waals surface area contributed by atoms with Gasteiger partial charge in [0.05, 0.1) is 44.5 Å². The van der Waals surface area contributed by atoms with Gasteiger partial charge in [0.15, 0.2) is 5.82 Å². The highest BCUT2D eigenvalue weighted by atomic mass is 32.2. The fraction of sp³-hybridized carbons (Fsp3) is 0.138. The highest BCUT2D eigenvalue weighted by Gasteiger charge is 2.34. The normalized spacial score (nSPS) is 12.6. The molecule has 0 atom stereocenters. The number of aryl methyl sites for hydroxylation is 2. The molecule has 0 spiro atoms. The summed E-state index contributed by atoms with van der Waals surface area (Å²) in [7, 11) is -4.47. The Bertz CT molecular complexity index is 2210. The molecule has 6 aromatic rings. The molecule has 0 aliphatic carbocycles. The number of nitrogens with one attached hydrogen (secondary N) is 1. The number of alkyl halides is 3. The fourth-order valence-corrected chi connectivity index (χ4v) is 6.44. The average Bonchev–Trinajstić information content (AvgIpc) is 3.71. The SMILES string of the molecule is CCc1nc2ccc(-n3ncc(C(=O)c4cc5cc(C(F)(F)F)ccc5n4S(=O)(=O)c4ccc(C)cc4)c3N=NN)cc2[nH]1. The number of rotatable bonds is 7. The molecule has 3 heterocycles. The molecule has 3 aromatic carbocycles. The molecule has 0 saturated carbocycles. The Kier molecular flexibility index (Phi) is 6.84. The number of fused-ring (bicyclic) bond motifs is 2. The first kappa shape index (κ1) is 28.8. The van der Waals surface area contributed by atoms with Crippen molar-refractivity contribution < 1.29 is 26.4 Å². The number of nitrogens with zero attached hydrogens (tertiary/aromatic N) is 6. The number of halogens is 3. The van der Waals surface area contributed by atoms with Crippen LogP contribution in [-0.2, 0) is 22.6 Å². The molecule has 0 amide bonds. The van der Waals surface area contributed by atoms with Crippen LogP contribution in [0.5, 0.6) is 0 Å². The van der Waals surface area contributed by atoms with Crippen molar-refractivity contribution in [3.05, 3.63) is 101 Å². The number of carbonyl (C=O) groups excluding carboxylic acids is 1. The standard InChI is InChI=1S/C29H23F3N8O3S/c1-3-26-35-22-10-7-19(14-23(22)36-26)39-28(37-38-33)21(15-34-39)27(41)25-13-17-12-18(29(30,31)32)6-11-24(17)40(25)44(42,43)20-8-4-16(2)5-9-20/h4-15H,3H2,1-2H3,(H2,33,37)(H,35,36). The van der Waals surface area contributed by atoms with Gasteiger partial charge in [-0.1, -0.05) is 29.8 Å². The maximum atomic E-state index is 14.1. The lowest BCUT2D eigenvalue weighted by Crippen LogP contribution is -2.19. The molecule has 0 aliphatic rings. The minimum absolute atomic E-state index is 0.107. The van der Waals surface area contributed by atoms with Crippen LogP contribution in [0, 0.1) is 6.92 Å². The number of hydrogen-bond donors (Lipinski definition) is 2. The predicted molar refractivity (Wildman–Crippen MR) is 155 cm³/mol. The van der Waals surface area contributed by atoms with Gasteiger partial charge in [0.25, 0.3) is 10.0 Å². The molecule has 0 bridgehead atoms. The Morgan fingerprint density at radius 1 is 1.05 bits per heavy atom. The second-order valence-electron chi connectivity index (χ2n) is 9.96. The van der Waals surface area contributed by atoms with Gasteiger partial charge >= 0.3 is 6.18 Å². The largest absolute Gasteiger partial charge is 0.416 e. The lowest BCUT2D eigenvalue weighted by atomic mass is 10.1. The van der Waals surface area contributed by atoms with Crippen LogP contribution in [0.2, 0.25) is 0 Å². The third-order valence-electron chi connectivity index (χ3n) is 7.11. The zero-order chi connectivity index (χ0) is 31.4. The number of ketones is 1. The molecule has 0 fully saturated rings. The van der Waals surface area contributed by atoms with E-state index in [0.29, 0.717) is 23.1 Å². The molecular formula is C29H23F3N8O3S. The minimum atomic E-state index is -4.69. The number of H-pyrrole nitrogens is 1. The van der Waals surface area contributed by atoms with Gasteiger partial charge in [-0.05, 0) is 61.5 Å². The van der Waals surface area contributed by atoms with E-state index in [1.54, 1.807) is 37.3 Å². The summed E-state index contributed by atoms with van der Waals surface area (Å²) in [5.41, 5.74) is 0.932. The Morgan fingerprint density at radius 3 is 2.48 bits per heavy atom. The highest BCUT2D eigenvalue weighted by molar-refractivity contribution is 7.90. The molecule has 0 saturated heterocycles. The van der Waals surface area contributed by atoms with Gasteiger partial charge in [-0.2, -0.15) is 18.3 Å². The summed E-state index contributed by atoms with van der Waals surface area (Å²) in [6.07, 6.45) is -2.84. The van der Waals surface area contributed by atoms with Crippen LogP contribution < -0.4 is 5.84 Å². The van der Waals surface area contributed by atoms with E-state index in [1.807, 2.05) is 6.92 Å². The summed E-state index contributed by atoms with van der Waals surface area (Å²) in [5, 5.41) is 11.4. The third kappa shape index (κ3) is 4.80. The van der Waals surface area contributed by atoms with Crippen molar-refractivity contribution >= 4 is 43.6 Å². The van der Waals surface area contributed by atoms with Crippen molar-refractivity contribution in [3.8, 4) is 5.69 Å². The molecule has 3 N–H and O–H groups in total. The molecule has 15 heteroatoms. The number of imidazole rings is 1. The number of aromatic nitrogens is 5. The predicted octanol–water partition coefficient (Wildman–Crippen LogP) is 6.02. The Morgan fingerprint density at radius 2 is 1.80 bits per heavy atom. The van der Waals surface area contributed by atoms with Crippen LogP contribution in [0.3, 0.4) is 0 Å². The van der Waals surface area contributed by atoms with Crippen LogP contribution in [-0.4, -0.2) is 37.9 Å². The van der Waals surface area contributed by atoms with Gasteiger partial charge < -0.3 is 10.8 Å². The first-order valence-corrected chi connectivity index (χ1v) is 14.6. The fourth-order valence-electron chi connectivity index (χ4n) is 4.93. The topological polar surface area (TPSA) is 153 Å². The van der Waals surface area contributed by atoms with Gasteiger partial charge in [-0.25, -0.2) is 22.1 Å². The summed E-state index contributed by atoms with van der Waals surface area (Å²) in [5.74, 6) is 5.15. The van der Waals surface area contributed by atoms with Crippen LogP contribution in [0.15, 0.2) is 88.2 Å². The Hall–Kier alpha value is -5.31. The summed E-state index contributed by atoms with van der Waals surface area (Å²) < 4.78 is 70.6. The van der Waals surface area contributed by atoms with Crippen molar-refractivity contribution in [2.24, 2.45) is 16.2 Å². The molecule has 3 aromatic heterocycles. The van der Waals surface area contributed by atoms with Crippen LogP contribution in [0.25, 0.3) is 27.6 Å². The second kappa shape index (κ2) is 10.4. The quantitative estimate of drug-likeness (QED) is 0.0963. The zero-order valence-corrected chi connectivity index (χ0v) is 24.0. The molecule has 44 heavy (non-hydrogen) atoms. The molecule has 11 nitrogen and oxygen atoms in total. The first-order valence-electron chi connectivity index (χ1n) is 13.2. The van der Waals surface area contributed by atoms with Gasteiger partial charge in [-0.3, -0.25) is 4.79 Å². The summed E-state index contributed by atoms with van der Waals surface area (Å²) >= 11 is 0. The smallest absolute Gasteiger partial charge is 0.342 e. The average molecular weight is 621 g/mol. The molecule has 6 rings (SSSR count). The maximum Gasteiger partial charge on any atom is 0.416 e. The minimum Gasteiger partial charge on any atom is -0.342 e. The van der Waals surface area contributed by atoms with Crippen LogP contribution in [0.1, 0.15) is 39.9 Å². The van der Waals surface area contributed by atoms with E-state index in [2.05, 4.69) is 25.4 Å². The van der Waals surface area contributed by atoms with E-state index < -0.39 is 33.2 Å². The van der Waals surface area contributed by atoms with Gasteiger partial charge in [0, 0.05) is 11.8 Å². The van der Waals surface area contributed by atoms with Crippen molar-refractivity contribution in [1.82, 2.24) is 23.7 Å². The van der Waals surface area contributed by atoms with Crippen LogP contribution in [0.4, 0.5) is 19.0 Å². The number of benzene rings is 3. The number of hydrogen-bond acceptors (Lipinski definition) is 7. The van der Waals surface area contributed by atoms with E-state index in [-0.39, 0.29) is 27.2 Å². The van der Waals surface area contributed by atoms with Gasteiger partial charge in [0.2, 0.25) is 5.78 Å². The molecule has 0 aliphatic heterocycles. The third-order valence-corrected chi connectivity index (χ3v) is 8.85. The summed E-state index contributed by atoms with van der Waals surface area (Å²) in [6, 6.07) is 14.7. The highest BCUT2D eigenvalue weighted by Crippen LogP contribution is 2.35. The van der Waals surface area contributed by atoms with Crippen molar-refractivity contribution in [2.75, 3.05) is 0 Å². The molecule has 0 radical (unpaired) electrons. The Balaban J connectivity index is 1.55. The molecular weight excluding hydrogens is 597 g/mol. The number of carbonyl (C=O) groups is 1. The van der Waals surface area contributed by atoms with Crippen molar-refractivity contribution in [2.45, 2.75) is 31.3 Å². The lowest BCUT2D eigenvalue weighted by Gasteiger charge is -2.12. The van der Waals surface area contributed by atoms with Crippen molar-refractivity contribution in [3.63, 3.8) is 0 Å². The maximum absolute atomic E-state index is 14.1. The number of nitrogens with two attached hydrogens (primary N) is 1. The summed E-state index contributed by atoms with van der Waals surface area (Å²) in [6.45, 7) is 3.72. The van der Waals surface area contributed by atoms with E-state index in [9.17, 15) is 26.4 Å². The van der Waals surface area contributed by atoms with Gasteiger partial charge in [0.1, 0.15) is 11.5 Å². The van der Waals surface area contributed by atoms with Crippen LogP contribution >= 0.6 is 0 Å².